The van der Waals surface area contributed by atoms with Gasteiger partial charge in [-0.15, -0.1) is 0 Å². The number of hydrazone groups is 1. The molecule has 6 nitrogen and oxygen atoms in total. The van der Waals surface area contributed by atoms with Gasteiger partial charge in [0.2, 0.25) is 0 Å². The molecule has 5 rings (SSSR count). The van der Waals surface area contributed by atoms with Gasteiger partial charge in [0, 0.05) is 39.5 Å². The van der Waals surface area contributed by atoms with Gasteiger partial charge in [-0.05, 0) is 86.8 Å². The third kappa shape index (κ3) is 6.55. The summed E-state index contributed by atoms with van der Waals surface area (Å²) >= 11 is 3.53. The van der Waals surface area contributed by atoms with Gasteiger partial charge in [0.15, 0.2) is 0 Å². The number of hydrogen-bond acceptors (Lipinski definition) is 4. The number of para-hydroxylation sites is 1. The maximum absolute atomic E-state index is 13.3. The zero-order valence-electron chi connectivity index (χ0n) is 25.0. The second-order valence-corrected chi connectivity index (χ2v) is 13.6. The highest BCUT2D eigenvalue weighted by Crippen LogP contribution is 2.39. The lowest BCUT2D eigenvalue weighted by molar-refractivity contribution is 0.414. The van der Waals surface area contributed by atoms with Crippen molar-refractivity contribution in [2.75, 3.05) is 7.11 Å². The van der Waals surface area contributed by atoms with E-state index in [4.69, 9.17) is 4.74 Å². The molecule has 0 unspecified atom stereocenters. The first-order valence-corrected chi connectivity index (χ1v) is 16.5. The zero-order chi connectivity index (χ0) is 30.7. The Kier molecular flexibility index (Phi) is 9.08. The number of hydrogen-bond donors (Lipinski definition) is 1. The average molecular weight is 659 g/mol. The molecule has 1 aromatic heterocycles. The Labute approximate surface area is 262 Å². The number of ether oxygens (including phenoxy) is 1. The fraction of sp³-hybridized carbons (Fsp3) is 0.229. The van der Waals surface area contributed by atoms with E-state index in [0.29, 0.717) is 12.1 Å². The molecule has 0 radical (unpaired) electrons. The van der Waals surface area contributed by atoms with E-state index < -0.39 is 10.0 Å². The number of aromatic nitrogens is 1. The molecule has 0 bridgehead atoms. The van der Waals surface area contributed by atoms with E-state index in [1.807, 2.05) is 43.3 Å². The summed E-state index contributed by atoms with van der Waals surface area (Å²) in [5, 5.41) is 5.81. The molecule has 0 saturated carbocycles. The lowest BCUT2D eigenvalue weighted by Crippen LogP contribution is -2.22. The van der Waals surface area contributed by atoms with Crippen LogP contribution in [0.3, 0.4) is 0 Å². The average Bonchev–Trinajstić information content (AvgIpc) is 3.30. The van der Waals surface area contributed by atoms with Gasteiger partial charge in [-0.2, -0.15) is 18.4 Å². The van der Waals surface area contributed by atoms with Gasteiger partial charge < -0.3 is 9.30 Å². The SMILES string of the molecule is COc1ccc([C@@H](C/C(=N\NS(=O)(=O)c2ccc(C)cc2)c2ccc(Br)cc2)c2c(C)c3ccccc3n2C(C)C)cc1. The third-order valence-electron chi connectivity index (χ3n) is 7.78. The van der Waals surface area contributed by atoms with Crippen LogP contribution in [0.4, 0.5) is 0 Å². The molecule has 1 atom stereocenters. The number of nitrogens with zero attached hydrogens (tertiary/aromatic N) is 2. The van der Waals surface area contributed by atoms with Crippen LogP contribution >= 0.6 is 15.9 Å². The van der Waals surface area contributed by atoms with Crippen LogP contribution in [0, 0.1) is 13.8 Å². The van der Waals surface area contributed by atoms with Gasteiger partial charge in [-0.3, -0.25) is 0 Å². The number of methoxy groups -OCH3 is 1. The van der Waals surface area contributed by atoms with E-state index in [9.17, 15) is 8.42 Å². The Balaban J connectivity index is 1.68. The Morgan fingerprint density at radius 1 is 0.907 bits per heavy atom. The van der Waals surface area contributed by atoms with E-state index in [1.54, 1.807) is 31.4 Å². The first-order valence-electron chi connectivity index (χ1n) is 14.2. The van der Waals surface area contributed by atoms with Crippen molar-refractivity contribution in [3.8, 4) is 5.75 Å². The van der Waals surface area contributed by atoms with E-state index in [0.717, 1.165) is 26.9 Å². The predicted molar refractivity (Wildman–Crippen MR) is 179 cm³/mol. The van der Waals surface area contributed by atoms with Crippen molar-refractivity contribution in [1.29, 1.82) is 0 Å². The minimum Gasteiger partial charge on any atom is -0.497 e. The Hall–Kier alpha value is -3.88. The molecule has 0 fully saturated rings. The van der Waals surface area contributed by atoms with Crippen LogP contribution in [-0.4, -0.2) is 25.8 Å². The molecule has 1 N–H and O–H groups in total. The van der Waals surface area contributed by atoms with E-state index >= 15 is 0 Å². The zero-order valence-corrected chi connectivity index (χ0v) is 27.4. The smallest absolute Gasteiger partial charge is 0.276 e. The highest BCUT2D eigenvalue weighted by atomic mass is 79.9. The van der Waals surface area contributed by atoms with Crippen molar-refractivity contribution < 1.29 is 13.2 Å². The monoisotopic (exact) mass is 657 g/mol. The largest absolute Gasteiger partial charge is 0.497 e. The molecule has 0 spiro atoms. The standard InChI is InChI=1S/C35H36BrN3O3S/c1-23(2)39-34-9-7-6-8-31(34)25(4)35(39)32(26-14-18-29(42-5)19-15-26)22-33(27-12-16-28(36)17-13-27)37-38-43(40,41)30-20-10-24(3)11-21-30/h6-21,23,32,38H,22H2,1-5H3/b37-33+/t32-/m1/s1. The van der Waals surface area contributed by atoms with Crippen molar-refractivity contribution in [2.24, 2.45) is 5.10 Å². The molecular weight excluding hydrogens is 622 g/mol. The Morgan fingerprint density at radius 3 is 2.19 bits per heavy atom. The summed E-state index contributed by atoms with van der Waals surface area (Å²) in [6, 6.07) is 31.3. The number of nitrogens with one attached hydrogen (secondary N) is 1. The number of aryl methyl sites for hydroxylation is 2. The molecule has 0 aliphatic carbocycles. The summed E-state index contributed by atoms with van der Waals surface area (Å²) in [7, 11) is -2.22. The molecule has 43 heavy (non-hydrogen) atoms. The van der Waals surface area contributed by atoms with E-state index in [2.05, 4.69) is 87.6 Å². The highest BCUT2D eigenvalue weighted by Gasteiger charge is 2.27. The molecule has 0 aliphatic heterocycles. The summed E-state index contributed by atoms with van der Waals surface area (Å²) in [6.45, 7) is 8.48. The third-order valence-corrected chi connectivity index (χ3v) is 9.54. The van der Waals surface area contributed by atoms with Crippen molar-refractivity contribution in [2.45, 2.75) is 51.0 Å². The van der Waals surface area contributed by atoms with Crippen LogP contribution in [0.15, 0.2) is 112 Å². The van der Waals surface area contributed by atoms with Gasteiger partial charge in [-0.25, -0.2) is 0 Å². The maximum Gasteiger partial charge on any atom is 0.276 e. The second-order valence-electron chi connectivity index (χ2n) is 11.0. The van der Waals surface area contributed by atoms with E-state index in [1.165, 1.54) is 22.2 Å². The Morgan fingerprint density at radius 2 is 1.56 bits per heavy atom. The van der Waals surface area contributed by atoms with Crippen LogP contribution in [-0.2, 0) is 10.0 Å². The Bertz CT molecular complexity index is 1860. The predicted octanol–water partition coefficient (Wildman–Crippen LogP) is 8.51. The number of rotatable bonds is 10. The van der Waals surface area contributed by atoms with Gasteiger partial charge >= 0.3 is 0 Å². The van der Waals surface area contributed by atoms with Crippen molar-refractivity contribution in [1.82, 2.24) is 9.40 Å². The second kappa shape index (κ2) is 12.8. The van der Waals surface area contributed by atoms with Crippen LogP contribution in [0.25, 0.3) is 10.9 Å². The lowest BCUT2D eigenvalue weighted by Gasteiger charge is -2.25. The van der Waals surface area contributed by atoms with Gasteiger partial charge in [0.1, 0.15) is 5.75 Å². The summed E-state index contributed by atoms with van der Waals surface area (Å²) < 4.78 is 35.4. The molecule has 1 heterocycles. The molecule has 0 amide bonds. The maximum atomic E-state index is 13.3. The fourth-order valence-electron chi connectivity index (χ4n) is 5.59. The van der Waals surface area contributed by atoms with Gasteiger partial charge in [0.05, 0.1) is 17.7 Å². The molecule has 8 heteroatoms. The quantitative estimate of drug-likeness (QED) is 0.121. The first kappa shape index (κ1) is 30.6. The van der Waals surface area contributed by atoms with Gasteiger partial charge in [-0.1, -0.05) is 76.1 Å². The summed E-state index contributed by atoms with van der Waals surface area (Å²) in [6.07, 6.45) is 0.453. The molecule has 5 aromatic rings. The van der Waals surface area contributed by atoms with E-state index in [-0.39, 0.29) is 16.9 Å². The molecule has 4 aromatic carbocycles. The van der Waals surface area contributed by atoms with Crippen LogP contribution in [0.5, 0.6) is 5.75 Å². The summed E-state index contributed by atoms with van der Waals surface area (Å²) in [5.74, 6) is 0.642. The first-order chi connectivity index (χ1) is 20.6. The van der Waals surface area contributed by atoms with Crippen molar-refractivity contribution >= 4 is 42.6 Å². The molecule has 0 aliphatic rings. The normalized spacial score (nSPS) is 13.0. The van der Waals surface area contributed by atoms with Crippen molar-refractivity contribution in [3.05, 3.63) is 129 Å². The molecular formula is C35H36BrN3O3S. The van der Waals surface area contributed by atoms with Crippen LogP contribution < -0.4 is 9.57 Å². The number of fused-ring (bicyclic) bond motifs is 1. The summed E-state index contributed by atoms with van der Waals surface area (Å²) in [5.41, 5.74) is 7.07. The van der Waals surface area contributed by atoms with Crippen molar-refractivity contribution in [3.63, 3.8) is 0 Å². The summed E-state index contributed by atoms with van der Waals surface area (Å²) in [4.78, 5) is 2.70. The number of benzene rings is 4. The molecule has 0 saturated heterocycles. The highest BCUT2D eigenvalue weighted by molar-refractivity contribution is 9.10. The minimum atomic E-state index is -3.88. The number of sulfonamides is 1. The lowest BCUT2D eigenvalue weighted by atomic mass is 9.86. The topological polar surface area (TPSA) is 72.7 Å². The minimum absolute atomic E-state index is 0.132. The van der Waals surface area contributed by atoms with Crippen LogP contribution in [0.1, 0.15) is 60.2 Å². The van der Waals surface area contributed by atoms with Crippen LogP contribution in [0.2, 0.25) is 0 Å². The molecule has 222 valence electrons. The number of halogens is 1. The fourth-order valence-corrected chi connectivity index (χ4v) is 6.69. The van der Waals surface area contributed by atoms with Gasteiger partial charge in [0.25, 0.3) is 10.0 Å².